The summed E-state index contributed by atoms with van der Waals surface area (Å²) < 4.78 is 30.9. The molecular formula is C24H24ClNO6S. The molecule has 0 heterocycles. The summed E-state index contributed by atoms with van der Waals surface area (Å²) in [5.74, 6) is -0.978. The number of nitrogens with one attached hydrogen (secondary N) is 1. The van der Waals surface area contributed by atoms with Gasteiger partial charge in [0.15, 0.2) is 6.61 Å². The van der Waals surface area contributed by atoms with Crippen LogP contribution in [0.1, 0.15) is 17.2 Å². The Morgan fingerprint density at radius 1 is 1.00 bits per heavy atom. The number of ether oxygens (including phenoxy) is 1. The molecule has 0 fully saturated rings. The van der Waals surface area contributed by atoms with Crippen molar-refractivity contribution in [2.45, 2.75) is 22.3 Å². The largest absolute Gasteiger partial charge is 0.482 e. The van der Waals surface area contributed by atoms with Crippen LogP contribution in [0.5, 0.6) is 5.75 Å². The molecule has 3 rings (SSSR count). The van der Waals surface area contributed by atoms with Crippen molar-refractivity contribution in [3.63, 3.8) is 0 Å². The maximum atomic E-state index is 12.9. The lowest BCUT2D eigenvalue weighted by Crippen LogP contribution is -2.23. The third kappa shape index (κ3) is 7.03. The van der Waals surface area contributed by atoms with E-state index in [2.05, 4.69) is 5.32 Å². The number of aliphatic hydroxyl groups excluding tert-OH is 1. The zero-order chi connectivity index (χ0) is 23.8. The number of aliphatic carboxylic acids is 1. The number of carboxylic acids is 1. The molecular weight excluding hydrogens is 466 g/mol. The summed E-state index contributed by atoms with van der Waals surface area (Å²) in [6.45, 7) is 0.419. The van der Waals surface area contributed by atoms with E-state index in [-0.39, 0.29) is 15.5 Å². The number of rotatable bonds is 11. The van der Waals surface area contributed by atoms with Crippen molar-refractivity contribution in [1.29, 1.82) is 0 Å². The first-order valence-corrected chi connectivity index (χ1v) is 12.0. The molecule has 1 atom stereocenters. The molecule has 0 saturated carbocycles. The van der Waals surface area contributed by atoms with Crippen LogP contribution in [0, 0.1) is 0 Å². The number of carboxylic acid groups (broad SMARTS) is 1. The van der Waals surface area contributed by atoms with Crippen LogP contribution in [0.25, 0.3) is 0 Å². The van der Waals surface area contributed by atoms with Crippen LogP contribution in [0.4, 0.5) is 0 Å². The SMILES string of the molecule is O=C(O)COc1cccc(S(=O)(=O)c2ccc(CCNCC(O)c3cccc(Cl)c3)cc2)c1. The van der Waals surface area contributed by atoms with Gasteiger partial charge in [0.25, 0.3) is 0 Å². The summed E-state index contributed by atoms with van der Waals surface area (Å²) in [6.07, 6.45) is -0.0207. The van der Waals surface area contributed by atoms with Crippen LogP contribution >= 0.6 is 11.6 Å². The molecule has 0 spiro atoms. The number of hydrogen-bond acceptors (Lipinski definition) is 6. The number of carbonyl (C=O) groups is 1. The van der Waals surface area contributed by atoms with Gasteiger partial charge in [0.2, 0.25) is 9.84 Å². The predicted octanol–water partition coefficient (Wildman–Crippen LogP) is 3.50. The van der Waals surface area contributed by atoms with Gasteiger partial charge in [-0.3, -0.25) is 0 Å². The minimum atomic E-state index is -3.77. The Morgan fingerprint density at radius 3 is 2.42 bits per heavy atom. The summed E-state index contributed by atoms with van der Waals surface area (Å²) in [5, 5.41) is 22.7. The lowest BCUT2D eigenvalue weighted by molar-refractivity contribution is -0.139. The second-order valence-corrected chi connectivity index (χ2v) is 9.72. The Balaban J connectivity index is 1.56. The van der Waals surface area contributed by atoms with Gasteiger partial charge in [-0.2, -0.15) is 0 Å². The first-order valence-electron chi connectivity index (χ1n) is 10.2. The van der Waals surface area contributed by atoms with Crippen molar-refractivity contribution in [2.75, 3.05) is 19.7 Å². The average molecular weight is 490 g/mol. The quantitative estimate of drug-likeness (QED) is 0.353. The number of benzene rings is 3. The molecule has 0 saturated heterocycles. The van der Waals surface area contributed by atoms with Gasteiger partial charge in [0.1, 0.15) is 5.75 Å². The van der Waals surface area contributed by atoms with Gasteiger partial charge in [-0.15, -0.1) is 0 Å². The van der Waals surface area contributed by atoms with Crippen molar-refractivity contribution >= 4 is 27.4 Å². The Bertz CT molecular complexity index is 1200. The summed E-state index contributed by atoms with van der Waals surface area (Å²) in [6, 6.07) is 19.4. The highest BCUT2D eigenvalue weighted by atomic mass is 35.5. The lowest BCUT2D eigenvalue weighted by Gasteiger charge is -2.13. The molecule has 0 amide bonds. The fourth-order valence-corrected chi connectivity index (χ4v) is 4.65. The van der Waals surface area contributed by atoms with Crippen LogP contribution in [0.2, 0.25) is 5.02 Å². The van der Waals surface area contributed by atoms with E-state index in [9.17, 15) is 18.3 Å². The summed E-state index contributed by atoms with van der Waals surface area (Å²) in [4.78, 5) is 10.8. The smallest absolute Gasteiger partial charge is 0.341 e. The number of sulfone groups is 1. The van der Waals surface area contributed by atoms with Crippen LogP contribution < -0.4 is 10.1 Å². The highest BCUT2D eigenvalue weighted by molar-refractivity contribution is 7.91. The molecule has 33 heavy (non-hydrogen) atoms. The van der Waals surface area contributed by atoms with E-state index >= 15 is 0 Å². The molecule has 174 valence electrons. The second kappa shape index (κ2) is 11.3. The number of halogens is 1. The van der Waals surface area contributed by atoms with Crippen molar-refractivity contribution < 1.29 is 28.2 Å². The Morgan fingerprint density at radius 2 is 1.73 bits per heavy atom. The molecule has 0 radical (unpaired) electrons. The van der Waals surface area contributed by atoms with Crippen LogP contribution in [0.15, 0.2) is 82.6 Å². The lowest BCUT2D eigenvalue weighted by atomic mass is 10.1. The molecule has 7 nitrogen and oxygen atoms in total. The van der Waals surface area contributed by atoms with Gasteiger partial charge < -0.3 is 20.3 Å². The van der Waals surface area contributed by atoms with Crippen LogP contribution in [0.3, 0.4) is 0 Å². The zero-order valence-electron chi connectivity index (χ0n) is 17.6. The van der Waals surface area contributed by atoms with Crippen molar-refractivity contribution in [2.24, 2.45) is 0 Å². The van der Waals surface area contributed by atoms with Crippen molar-refractivity contribution in [1.82, 2.24) is 5.32 Å². The first-order chi connectivity index (χ1) is 15.8. The molecule has 3 aromatic carbocycles. The van der Waals surface area contributed by atoms with Crippen LogP contribution in [-0.4, -0.2) is 44.3 Å². The van der Waals surface area contributed by atoms with Gasteiger partial charge >= 0.3 is 5.97 Å². The van der Waals surface area contributed by atoms with E-state index in [1.807, 2.05) is 6.07 Å². The zero-order valence-corrected chi connectivity index (χ0v) is 19.2. The highest BCUT2D eigenvalue weighted by Crippen LogP contribution is 2.25. The fraction of sp³-hybridized carbons (Fsp3) is 0.208. The Kier molecular flexibility index (Phi) is 8.46. The molecule has 0 bridgehead atoms. The summed E-state index contributed by atoms with van der Waals surface area (Å²) in [7, 11) is -3.77. The molecule has 3 N–H and O–H groups in total. The highest BCUT2D eigenvalue weighted by Gasteiger charge is 2.18. The van der Waals surface area contributed by atoms with E-state index in [1.54, 1.807) is 30.3 Å². The van der Waals surface area contributed by atoms with E-state index in [0.717, 1.165) is 11.1 Å². The van der Waals surface area contributed by atoms with Crippen molar-refractivity contribution in [3.8, 4) is 5.75 Å². The first kappa shape index (κ1) is 24.7. The fourth-order valence-electron chi connectivity index (χ4n) is 3.15. The maximum absolute atomic E-state index is 12.9. The third-order valence-electron chi connectivity index (χ3n) is 4.87. The number of hydrogen-bond donors (Lipinski definition) is 3. The predicted molar refractivity (Wildman–Crippen MR) is 124 cm³/mol. The minimum absolute atomic E-state index is 0.0230. The third-order valence-corrected chi connectivity index (χ3v) is 6.88. The normalized spacial score (nSPS) is 12.3. The standard InChI is InChI=1S/C24H24ClNO6S/c25-19-4-1-3-18(13-19)23(27)15-26-12-11-17-7-9-21(10-8-17)33(30,31)22-6-2-5-20(14-22)32-16-24(28)29/h1-10,13-14,23,26-27H,11-12,15-16H2,(H,28,29). The Labute approximate surface area is 197 Å². The van der Waals surface area contributed by atoms with Gasteiger partial charge in [-0.25, -0.2) is 13.2 Å². The molecule has 3 aromatic rings. The monoisotopic (exact) mass is 489 g/mol. The van der Waals surface area contributed by atoms with E-state index in [1.165, 1.54) is 36.4 Å². The Hall–Kier alpha value is -2.91. The number of aliphatic hydroxyl groups is 1. The molecule has 0 aliphatic carbocycles. The van der Waals surface area contributed by atoms with Gasteiger partial charge in [0.05, 0.1) is 15.9 Å². The molecule has 0 aliphatic rings. The van der Waals surface area contributed by atoms with Crippen LogP contribution in [-0.2, 0) is 21.1 Å². The topological polar surface area (TPSA) is 113 Å². The van der Waals surface area contributed by atoms with Crippen molar-refractivity contribution in [3.05, 3.63) is 88.9 Å². The van der Waals surface area contributed by atoms with E-state index in [0.29, 0.717) is 24.5 Å². The minimum Gasteiger partial charge on any atom is -0.482 e. The summed E-state index contributed by atoms with van der Waals surface area (Å²) >= 11 is 5.95. The maximum Gasteiger partial charge on any atom is 0.341 e. The molecule has 0 aromatic heterocycles. The molecule has 1 unspecified atom stereocenters. The van der Waals surface area contributed by atoms with E-state index < -0.39 is 28.5 Å². The van der Waals surface area contributed by atoms with Gasteiger partial charge in [0, 0.05) is 11.6 Å². The second-order valence-electron chi connectivity index (χ2n) is 7.33. The molecule has 0 aliphatic heterocycles. The summed E-state index contributed by atoms with van der Waals surface area (Å²) in [5.41, 5.74) is 1.68. The van der Waals surface area contributed by atoms with Gasteiger partial charge in [-0.1, -0.05) is 41.9 Å². The van der Waals surface area contributed by atoms with Gasteiger partial charge in [-0.05, 0) is 66.6 Å². The average Bonchev–Trinajstić information content (AvgIpc) is 2.81. The van der Waals surface area contributed by atoms with E-state index in [4.69, 9.17) is 21.4 Å². The molecule has 9 heteroatoms.